The summed E-state index contributed by atoms with van der Waals surface area (Å²) in [7, 11) is 0. The van der Waals surface area contributed by atoms with E-state index >= 15 is 0 Å². The summed E-state index contributed by atoms with van der Waals surface area (Å²) in [5.74, 6) is 0.0712. The van der Waals surface area contributed by atoms with Crippen molar-refractivity contribution in [2.75, 3.05) is 4.90 Å². The third-order valence-corrected chi connectivity index (χ3v) is 5.70. The lowest BCUT2D eigenvalue weighted by molar-refractivity contribution is 0.0956. The first-order chi connectivity index (χ1) is 16.5. The molecule has 0 fully saturated rings. The highest BCUT2D eigenvalue weighted by Gasteiger charge is 2.25. The van der Waals surface area contributed by atoms with Crippen molar-refractivity contribution in [1.29, 1.82) is 0 Å². The highest BCUT2D eigenvalue weighted by molar-refractivity contribution is 6.30. The molecule has 0 aliphatic heterocycles. The Bertz CT molecular complexity index is 1520. The van der Waals surface area contributed by atoms with E-state index in [4.69, 9.17) is 16.0 Å². The largest absolute Gasteiger partial charge is 0.459 e. The molecular formula is C25H20ClN5O3. The predicted octanol–water partition coefficient (Wildman–Crippen LogP) is 4.41. The van der Waals surface area contributed by atoms with Crippen molar-refractivity contribution in [3.8, 4) is 0 Å². The number of rotatable bonds is 6. The summed E-state index contributed by atoms with van der Waals surface area (Å²) >= 11 is 6.14. The standard InChI is InChI=1S/C25H20ClN5O3/c1-16-20(14-17-7-3-2-4-8-17)22(32)31-24(27-16)28-25(29-31)30(23(33)21-11-6-12-34-21)15-18-9-5-10-19(26)13-18/h2-13H,14-15H2,1H3,(H,27,28,29). The second-order valence-electron chi connectivity index (χ2n) is 7.82. The maximum atomic E-state index is 13.3. The van der Waals surface area contributed by atoms with Gasteiger partial charge in [-0.05, 0) is 42.3 Å². The van der Waals surface area contributed by atoms with Gasteiger partial charge in [0.2, 0.25) is 5.95 Å². The molecule has 2 aromatic carbocycles. The zero-order valence-electron chi connectivity index (χ0n) is 18.2. The number of carbonyl (C=O) groups is 1. The van der Waals surface area contributed by atoms with Gasteiger partial charge in [-0.2, -0.15) is 9.50 Å². The number of benzene rings is 2. The van der Waals surface area contributed by atoms with E-state index in [1.165, 1.54) is 15.7 Å². The van der Waals surface area contributed by atoms with Gasteiger partial charge in [-0.1, -0.05) is 54.1 Å². The number of nitrogens with one attached hydrogen (secondary N) is 1. The Balaban J connectivity index is 1.58. The summed E-state index contributed by atoms with van der Waals surface area (Å²) in [6, 6.07) is 20.1. The van der Waals surface area contributed by atoms with Crippen molar-refractivity contribution in [2.45, 2.75) is 19.9 Å². The molecule has 0 unspecified atom stereocenters. The molecule has 5 aromatic rings. The van der Waals surface area contributed by atoms with Crippen LogP contribution in [-0.4, -0.2) is 25.5 Å². The fourth-order valence-corrected chi connectivity index (χ4v) is 3.97. The molecule has 9 heteroatoms. The molecule has 0 aliphatic rings. The molecule has 0 bridgehead atoms. The first-order valence-electron chi connectivity index (χ1n) is 10.6. The highest BCUT2D eigenvalue weighted by Crippen LogP contribution is 2.20. The summed E-state index contributed by atoms with van der Waals surface area (Å²) < 4.78 is 6.58. The summed E-state index contributed by atoms with van der Waals surface area (Å²) in [4.78, 5) is 36.9. The van der Waals surface area contributed by atoms with Crippen LogP contribution in [0.2, 0.25) is 5.02 Å². The van der Waals surface area contributed by atoms with Gasteiger partial charge >= 0.3 is 0 Å². The molecule has 0 atom stereocenters. The van der Waals surface area contributed by atoms with Crippen LogP contribution >= 0.6 is 11.6 Å². The number of H-pyrrole nitrogens is 1. The number of fused-ring (bicyclic) bond motifs is 1. The molecule has 170 valence electrons. The van der Waals surface area contributed by atoms with Crippen molar-refractivity contribution in [3.63, 3.8) is 0 Å². The lowest BCUT2D eigenvalue weighted by Gasteiger charge is -2.18. The Morgan fingerprint density at radius 1 is 1.06 bits per heavy atom. The minimum Gasteiger partial charge on any atom is -0.459 e. The smallest absolute Gasteiger partial charge is 0.296 e. The zero-order chi connectivity index (χ0) is 23.7. The number of hydrogen-bond donors (Lipinski definition) is 1. The normalized spacial score (nSPS) is 11.1. The third-order valence-electron chi connectivity index (χ3n) is 5.47. The lowest BCUT2D eigenvalue weighted by Crippen LogP contribution is -2.31. The number of aryl methyl sites for hydroxylation is 1. The molecule has 1 N–H and O–H groups in total. The molecule has 0 saturated carbocycles. The van der Waals surface area contributed by atoms with Crippen molar-refractivity contribution >= 4 is 29.2 Å². The summed E-state index contributed by atoms with van der Waals surface area (Å²) in [5, 5.41) is 3.50. The number of amides is 1. The van der Waals surface area contributed by atoms with E-state index < -0.39 is 5.91 Å². The molecule has 1 amide bonds. The molecule has 0 saturated heterocycles. The molecule has 3 heterocycles. The van der Waals surface area contributed by atoms with E-state index in [2.05, 4.69) is 15.1 Å². The second-order valence-corrected chi connectivity index (χ2v) is 8.26. The number of carbonyl (C=O) groups excluding carboxylic acids is 1. The van der Waals surface area contributed by atoms with Gasteiger partial charge in [-0.3, -0.25) is 19.6 Å². The Morgan fingerprint density at radius 3 is 2.59 bits per heavy atom. The number of hydrogen-bond acceptors (Lipinski definition) is 5. The zero-order valence-corrected chi connectivity index (χ0v) is 19.0. The highest BCUT2D eigenvalue weighted by atomic mass is 35.5. The van der Waals surface area contributed by atoms with Crippen molar-refractivity contribution in [3.05, 3.63) is 117 Å². The van der Waals surface area contributed by atoms with Gasteiger partial charge in [0.05, 0.1) is 18.5 Å². The fraction of sp³-hybridized carbons (Fsp3) is 0.120. The lowest BCUT2D eigenvalue weighted by atomic mass is 10.1. The number of furan rings is 1. The van der Waals surface area contributed by atoms with Gasteiger partial charge in [0.25, 0.3) is 17.2 Å². The van der Waals surface area contributed by atoms with Crippen LogP contribution in [0.5, 0.6) is 0 Å². The van der Waals surface area contributed by atoms with Crippen LogP contribution in [0, 0.1) is 6.92 Å². The predicted molar refractivity (Wildman–Crippen MR) is 128 cm³/mol. The average Bonchev–Trinajstić information content (AvgIpc) is 3.51. The van der Waals surface area contributed by atoms with Gasteiger partial charge in [0, 0.05) is 17.0 Å². The van der Waals surface area contributed by atoms with E-state index in [0.717, 1.165) is 11.1 Å². The minimum atomic E-state index is -0.418. The number of aromatic nitrogens is 4. The van der Waals surface area contributed by atoms with Crippen LogP contribution in [0.4, 0.5) is 5.95 Å². The van der Waals surface area contributed by atoms with Crippen LogP contribution in [-0.2, 0) is 13.0 Å². The fourth-order valence-electron chi connectivity index (χ4n) is 3.76. The SMILES string of the molecule is Cc1nc2nc(N(Cc3cccc(Cl)c3)C(=O)c3ccco3)[nH]n2c(=O)c1Cc1ccccc1. The van der Waals surface area contributed by atoms with Crippen molar-refractivity contribution in [1.82, 2.24) is 19.6 Å². The Hall–Kier alpha value is -4.17. The molecule has 0 radical (unpaired) electrons. The number of halogens is 1. The van der Waals surface area contributed by atoms with Gasteiger partial charge < -0.3 is 4.42 Å². The van der Waals surface area contributed by atoms with E-state index in [1.807, 2.05) is 36.4 Å². The molecule has 3 aromatic heterocycles. The van der Waals surface area contributed by atoms with Crippen molar-refractivity contribution in [2.24, 2.45) is 0 Å². The Kier molecular flexibility index (Phi) is 5.73. The summed E-state index contributed by atoms with van der Waals surface area (Å²) in [6.45, 7) is 1.94. The molecule has 0 aliphatic carbocycles. The third kappa shape index (κ3) is 4.23. The molecule has 34 heavy (non-hydrogen) atoms. The van der Waals surface area contributed by atoms with Crippen LogP contribution in [0.15, 0.2) is 82.2 Å². The van der Waals surface area contributed by atoms with Gasteiger partial charge in [-0.15, -0.1) is 0 Å². The van der Waals surface area contributed by atoms with Gasteiger partial charge in [-0.25, -0.2) is 4.98 Å². The first-order valence-corrected chi connectivity index (χ1v) is 11.0. The van der Waals surface area contributed by atoms with E-state index in [1.54, 1.807) is 37.3 Å². The first kappa shape index (κ1) is 21.7. The number of aromatic amines is 1. The second kappa shape index (κ2) is 8.99. The topological polar surface area (TPSA) is 96.5 Å². The summed E-state index contributed by atoms with van der Waals surface area (Å²) in [5.41, 5.74) is 2.66. The van der Waals surface area contributed by atoms with Crippen LogP contribution in [0.25, 0.3) is 5.78 Å². The number of nitrogens with zero attached hydrogens (tertiary/aromatic N) is 4. The van der Waals surface area contributed by atoms with Crippen LogP contribution in [0.3, 0.4) is 0 Å². The van der Waals surface area contributed by atoms with Crippen LogP contribution in [0.1, 0.15) is 32.9 Å². The minimum absolute atomic E-state index is 0.142. The summed E-state index contributed by atoms with van der Waals surface area (Å²) in [6.07, 6.45) is 1.86. The van der Waals surface area contributed by atoms with E-state index in [-0.39, 0.29) is 29.6 Å². The molecular weight excluding hydrogens is 454 g/mol. The van der Waals surface area contributed by atoms with E-state index in [9.17, 15) is 9.59 Å². The van der Waals surface area contributed by atoms with E-state index in [0.29, 0.717) is 22.7 Å². The quantitative estimate of drug-likeness (QED) is 0.394. The molecule has 5 rings (SSSR count). The van der Waals surface area contributed by atoms with Gasteiger partial charge in [0.15, 0.2) is 5.76 Å². The maximum absolute atomic E-state index is 13.3. The van der Waals surface area contributed by atoms with Crippen molar-refractivity contribution < 1.29 is 9.21 Å². The number of anilines is 1. The van der Waals surface area contributed by atoms with Gasteiger partial charge in [0.1, 0.15) is 0 Å². The van der Waals surface area contributed by atoms with Crippen LogP contribution < -0.4 is 10.5 Å². The maximum Gasteiger partial charge on any atom is 0.296 e. The Labute approximate surface area is 199 Å². The molecule has 0 spiro atoms. The molecule has 8 nitrogen and oxygen atoms in total. The monoisotopic (exact) mass is 473 g/mol. The average molecular weight is 474 g/mol. The Morgan fingerprint density at radius 2 is 1.85 bits per heavy atom.